The summed E-state index contributed by atoms with van der Waals surface area (Å²) in [6.45, 7) is 0.293. The Kier molecular flexibility index (Phi) is 9.52. The van der Waals surface area contributed by atoms with Crippen molar-refractivity contribution in [2.75, 3.05) is 18.5 Å². The second kappa shape index (κ2) is 13.2. The molecule has 212 valence electrons. The van der Waals surface area contributed by atoms with Gasteiger partial charge in [0.25, 0.3) is 5.91 Å². The summed E-state index contributed by atoms with van der Waals surface area (Å²) in [5.41, 5.74) is 2.45. The number of carbonyl (C=O) groups is 2. The third-order valence-corrected chi connectivity index (χ3v) is 6.51. The van der Waals surface area contributed by atoms with Crippen LogP contribution in [-0.2, 0) is 11.0 Å². The van der Waals surface area contributed by atoms with E-state index in [9.17, 15) is 22.8 Å². The SMILES string of the molecule is O=C(O)CCNC(=O)c1ccc(NC(COc2ccc(-c3ccc(C(F)(F)F)cc3Cl)cc2)c2ccccc2)cc1. The third kappa shape index (κ3) is 8.25. The van der Waals surface area contributed by atoms with E-state index in [1.807, 2.05) is 30.3 Å². The number of benzene rings is 4. The van der Waals surface area contributed by atoms with Gasteiger partial charge in [-0.2, -0.15) is 13.2 Å². The molecule has 0 aliphatic carbocycles. The number of alkyl halides is 3. The van der Waals surface area contributed by atoms with Crippen molar-refractivity contribution in [2.45, 2.75) is 18.6 Å². The molecule has 0 spiro atoms. The summed E-state index contributed by atoms with van der Waals surface area (Å²) in [4.78, 5) is 22.9. The molecule has 0 radical (unpaired) electrons. The quantitative estimate of drug-likeness (QED) is 0.171. The van der Waals surface area contributed by atoms with Crippen LogP contribution in [0.4, 0.5) is 18.9 Å². The van der Waals surface area contributed by atoms with Crippen LogP contribution < -0.4 is 15.4 Å². The molecular weight excluding hydrogens is 557 g/mol. The number of aliphatic carboxylic acids is 1. The van der Waals surface area contributed by atoms with E-state index in [0.717, 1.165) is 23.4 Å². The first kappa shape index (κ1) is 29.5. The topological polar surface area (TPSA) is 87.7 Å². The second-order valence-corrected chi connectivity index (χ2v) is 9.52. The van der Waals surface area contributed by atoms with Gasteiger partial charge in [-0.1, -0.05) is 60.1 Å². The Morgan fingerprint density at radius 1 is 0.902 bits per heavy atom. The molecule has 41 heavy (non-hydrogen) atoms. The van der Waals surface area contributed by atoms with Crippen molar-refractivity contribution in [3.8, 4) is 16.9 Å². The first-order chi connectivity index (χ1) is 19.6. The van der Waals surface area contributed by atoms with Crippen molar-refractivity contribution < 1.29 is 32.6 Å². The molecule has 1 amide bonds. The van der Waals surface area contributed by atoms with Gasteiger partial charge >= 0.3 is 12.1 Å². The number of halogens is 4. The number of carboxylic acid groups (broad SMARTS) is 1. The van der Waals surface area contributed by atoms with Gasteiger partial charge in [-0.15, -0.1) is 0 Å². The predicted octanol–water partition coefficient (Wildman–Crippen LogP) is 7.46. The van der Waals surface area contributed by atoms with Crippen molar-refractivity contribution >= 4 is 29.2 Å². The van der Waals surface area contributed by atoms with E-state index in [0.29, 0.717) is 22.4 Å². The van der Waals surface area contributed by atoms with Crippen LogP contribution in [-0.4, -0.2) is 30.1 Å². The van der Waals surface area contributed by atoms with Gasteiger partial charge in [0.05, 0.1) is 18.0 Å². The minimum absolute atomic E-state index is 0.00518. The van der Waals surface area contributed by atoms with E-state index in [-0.39, 0.29) is 36.5 Å². The highest BCUT2D eigenvalue weighted by Gasteiger charge is 2.31. The van der Waals surface area contributed by atoms with E-state index < -0.39 is 17.7 Å². The van der Waals surface area contributed by atoms with E-state index in [4.69, 9.17) is 21.4 Å². The lowest BCUT2D eigenvalue weighted by Crippen LogP contribution is -2.26. The maximum Gasteiger partial charge on any atom is 0.416 e. The summed E-state index contributed by atoms with van der Waals surface area (Å²) in [5.74, 6) is -0.784. The molecular formula is C31H26ClF3N2O4. The zero-order valence-electron chi connectivity index (χ0n) is 21.6. The molecule has 0 saturated carbocycles. The lowest BCUT2D eigenvalue weighted by atomic mass is 10.0. The molecule has 0 aromatic heterocycles. The lowest BCUT2D eigenvalue weighted by Gasteiger charge is -2.21. The summed E-state index contributed by atoms with van der Waals surface area (Å²) in [7, 11) is 0. The lowest BCUT2D eigenvalue weighted by molar-refractivity contribution is -0.138. The minimum Gasteiger partial charge on any atom is -0.491 e. The Balaban J connectivity index is 1.42. The van der Waals surface area contributed by atoms with Gasteiger partial charge in [-0.25, -0.2) is 0 Å². The van der Waals surface area contributed by atoms with Gasteiger partial charge in [0.15, 0.2) is 0 Å². The number of carbonyl (C=O) groups excluding carboxylic acids is 1. The van der Waals surface area contributed by atoms with Gasteiger partial charge < -0.3 is 20.5 Å². The van der Waals surface area contributed by atoms with Crippen LogP contribution in [0.1, 0.15) is 33.9 Å². The number of amides is 1. The molecule has 10 heteroatoms. The van der Waals surface area contributed by atoms with E-state index >= 15 is 0 Å². The highest BCUT2D eigenvalue weighted by Crippen LogP contribution is 2.36. The first-order valence-corrected chi connectivity index (χ1v) is 13.0. The first-order valence-electron chi connectivity index (χ1n) is 12.6. The molecule has 4 rings (SSSR count). The molecule has 1 unspecified atom stereocenters. The van der Waals surface area contributed by atoms with Crippen LogP contribution >= 0.6 is 11.6 Å². The smallest absolute Gasteiger partial charge is 0.416 e. The summed E-state index contributed by atoms with van der Waals surface area (Å²) in [6, 6.07) is 26.4. The van der Waals surface area contributed by atoms with Gasteiger partial charge in [0.2, 0.25) is 0 Å². The number of hydrogen-bond acceptors (Lipinski definition) is 4. The van der Waals surface area contributed by atoms with Crippen LogP contribution in [0.3, 0.4) is 0 Å². The fraction of sp³-hybridized carbons (Fsp3) is 0.161. The van der Waals surface area contributed by atoms with Crippen LogP contribution in [0, 0.1) is 0 Å². The maximum atomic E-state index is 13.0. The highest BCUT2D eigenvalue weighted by molar-refractivity contribution is 6.33. The normalized spacial score (nSPS) is 11.9. The van der Waals surface area contributed by atoms with Crippen molar-refractivity contribution in [2.24, 2.45) is 0 Å². The second-order valence-electron chi connectivity index (χ2n) is 9.11. The number of anilines is 1. The average Bonchev–Trinajstić information content (AvgIpc) is 2.95. The molecule has 0 aliphatic heterocycles. The Morgan fingerprint density at radius 2 is 1.59 bits per heavy atom. The standard InChI is InChI=1S/C31H26ClF3N2O4/c32-27-18-23(31(33,34)35)10-15-26(27)20-8-13-25(14-9-20)41-19-28(21-4-2-1-3-5-21)37-24-11-6-22(7-12-24)30(40)36-17-16-29(38)39/h1-15,18,28,37H,16-17,19H2,(H,36,40)(H,38,39). The van der Waals surface area contributed by atoms with Crippen LogP contribution in [0.15, 0.2) is 97.1 Å². The van der Waals surface area contributed by atoms with Gasteiger partial charge in [-0.3, -0.25) is 9.59 Å². The average molecular weight is 583 g/mol. The van der Waals surface area contributed by atoms with Crippen molar-refractivity contribution in [1.82, 2.24) is 5.32 Å². The third-order valence-electron chi connectivity index (χ3n) is 6.19. The zero-order chi connectivity index (χ0) is 29.4. The number of hydrogen-bond donors (Lipinski definition) is 3. The predicted molar refractivity (Wildman–Crippen MR) is 151 cm³/mol. The number of carboxylic acids is 1. The highest BCUT2D eigenvalue weighted by atomic mass is 35.5. The molecule has 0 fully saturated rings. The monoisotopic (exact) mass is 582 g/mol. The van der Waals surface area contributed by atoms with Gasteiger partial charge in [0, 0.05) is 28.4 Å². The molecule has 0 aliphatic rings. The molecule has 0 saturated heterocycles. The van der Waals surface area contributed by atoms with Crippen LogP contribution in [0.5, 0.6) is 5.75 Å². The Hall–Kier alpha value is -4.50. The number of ether oxygens (including phenoxy) is 1. The summed E-state index contributed by atoms with van der Waals surface area (Å²) in [5, 5.41) is 14.7. The van der Waals surface area contributed by atoms with Gasteiger partial charge in [-0.05, 0) is 59.7 Å². The summed E-state index contributed by atoms with van der Waals surface area (Å²) in [6.07, 6.45) is -4.63. The molecule has 4 aromatic carbocycles. The van der Waals surface area contributed by atoms with Gasteiger partial charge in [0.1, 0.15) is 12.4 Å². The van der Waals surface area contributed by atoms with Crippen LogP contribution in [0.2, 0.25) is 5.02 Å². The molecule has 4 aromatic rings. The summed E-state index contributed by atoms with van der Waals surface area (Å²) < 4.78 is 44.9. The van der Waals surface area contributed by atoms with E-state index in [2.05, 4.69) is 10.6 Å². The zero-order valence-corrected chi connectivity index (χ0v) is 22.4. The van der Waals surface area contributed by atoms with Crippen molar-refractivity contribution in [3.05, 3.63) is 119 Å². The molecule has 3 N–H and O–H groups in total. The molecule has 0 bridgehead atoms. The fourth-order valence-corrected chi connectivity index (χ4v) is 4.34. The van der Waals surface area contributed by atoms with Crippen LogP contribution in [0.25, 0.3) is 11.1 Å². The fourth-order valence-electron chi connectivity index (χ4n) is 4.05. The Labute approximate surface area is 239 Å². The number of nitrogens with one attached hydrogen (secondary N) is 2. The number of rotatable bonds is 11. The maximum absolute atomic E-state index is 13.0. The minimum atomic E-state index is -4.47. The largest absolute Gasteiger partial charge is 0.491 e. The Morgan fingerprint density at radius 3 is 2.20 bits per heavy atom. The molecule has 0 heterocycles. The summed E-state index contributed by atoms with van der Waals surface area (Å²) >= 11 is 6.13. The Bertz CT molecular complexity index is 1480. The van der Waals surface area contributed by atoms with E-state index in [1.165, 1.54) is 6.07 Å². The molecule has 1 atom stereocenters. The molecule has 6 nitrogen and oxygen atoms in total. The van der Waals surface area contributed by atoms with E-state index in [1.54, 1.807) is 48.5 Å². The van der Waals surface area contributed by atoms with Crippen molar-refractivity contribution in [1.29, 1.82) is 0 Å². The van der Waals surface area contributed by atoms with Crippen molar-refractivity contribution in [3.63, 3.8) is 0 Å².